The summed E-state index contributed by atoms with van der Waals surface area (Å²) in [7, 11) is 0. The van der Waals surface area contributed by atoms with Crippen LogP contribution in [-0.4, -0.2) is 27.0 Å². The first-order valence-electron chi connectivity index (χ1n) is 8.88. The summed E-state index contributed by atoms with van der Waals surface area (Å²) in [6.45, 7) is 5.31. The van der Waals surface area contributed by atoms with Crippen molar-refractivity contribution in [1.82, 2.24) is 19.9 Å². The predicted molar refractivity (Wildman–Crippen MR) is 104 cm³/mol. The number of hydrogen-bond donors (Lipinski definition) is 2. The average Bonchev–Trinajstić information content (AvgIpc) is 3.12. The lowest BCUT2D eigenvalue weighted by Gasteiger charge is -2.09. The number of fused-ring (bicyclic) bond motifs is 2. The molecule has 0 unspecified atom stereocenters. The molecule has 0 aliphatic carbocycles. The van der Waals surface area contributed by atoms with Crippen molar-refractivity contribution >= 4 is 27.8 Å². The number of para-hydroxylation sites is 3. The van der Waals surface area contributed by atoms with E-state index in [1.54, 1.807) is 0 Å². The molecular formula is C21H22N4O. The fourth-order valence-corrected chi connectivity index (χ4v) is 3.57. The summed E-state index contributed by atoms with van der Waals surface area (Å²) in [5.41, 5.74) is 5.30. The molecule has 132 valence electrons. The molecule has 2 N–H and O–H groups in total. The van der Waals surface area contributed by atoms with Crippen molar-refractivity contribution in [3.05, 3.63) is 65.6 Å². The van der Waals surface area contributed by atoms with Crippen molar-refractivity contribution in [2.75, 3.05) is 6.54 Å². The molecule has 0 aliphatic rings. The maximum atomic E-state index is 12.4. The van der Waals surface area contributed by atoms with E-state index in [4.69, 9.17) is 0 Å². The van der Waals surface area contributed by atoms with Gasteiger partial charge < -0.3 is 14.9 Å². The third kappa shape index (κ3) is 2.96. The molecule has 1 amide bonds. The van der Waals surface area contributed by atoms with Crippen LogP contribution in [0.4, 0.5) is 0 Å². The summed E-state index contributed by atoms with van der Waals surface area (Å²) in [6, 6.07) is 16.2. The molecule has 2 aromatic carbocycles. The molecule has 26 heavy (non-hydrogen) atoms. The van der Waals surface area contributed by atoms with Crippen molar-refractivity contribution < 1.29 is 4.79 Å². The number of aromatic amines is 1. The van der Waals surface area contributed by atoms with Crippen LogP contribution in [-0.2, 0) is 17.8 Å². The third-order valence-corrected chi connectivity index (χ3v) is 4.87. The van der Waals surface area contributed by atoms with E-state index in [2.05, 4.69) is 32.0 Å². The number of amides is 1. The maximum absolute atomic E-state index is 12.4. The van der Waals surface area contributed by atoms with Crippen LogP contribution < -0.4 is 5.32 Å². The topological polar surface area (TPSA) is 62.7 Å². The molecule has 4 rings (SSSR count). The molecule has 0 bridgehead atoms. The summed E-state index contributed by atoms with van der Waals surface area (Å²) >= 11 is 0. The number of rotatable bonds is 5. The van der Waals surface area contributed by atoms with Gasteiger partial charge in [0.25, 0.3) is 0 Å². The van der Waals surface area contributed by atoms with E-state index >= 15 is 0 Å². The molecule has 4 aromatic rings. The molecule has 0 aliphatic heterocycles. The minimum absolute atomic E-state index is 0.0416. The van der Waals surface area contributed by atoms with Crippen LogP contribution in [0.2, 0.25) is 0 Å². The number of carbonyl (C=O) groups is 1. The number of nitrogens with one attached hydrogen (secondary N) is 2. The van der Waals surface area contributed by atoms with Gasteiger partial charge in [0.2, 0.25) is 5.91 Å². The van der Waals surface area contributed by atoms with Gasteiger partial charge in [-0.25, -0.2) is 4.98 Å². The fourth-order valence-electron chi connectivity index (χ4n) is 3.57. The van der Waals surface area contributed by atoms with Crippen LogP contribution in [0.1, 0.15) is 17.1 Å². The highest BCUT2D eigenvalue weighted by Crippen LogP contribution is 2.22. The van der Waals surface area contributed by atoms with Gasteiger partial charge in [0.15, 0.2) is 0 Å². The number of benzene rings is 2. The summed E-state index contributed by atoms with van der Waals surface area (Å²) in [4.78, 5) is 20.3. The van der Waals surface area contributed by atoms with E-state index in [-0.39, 0.29) is 5.91 Å². The molecule has 0 radical (unpaired) electrons. The second kappa shape index (κ2) is 6.67. The SMILES string of the molecule is Cc1[nH]c2ccccc2c1CC(=O)NCCn1c(C)nc2ccccc21. The van der Waals surface area contributed by atoms with E-state index in [0.29, 0.717) is 19.5 Å². The van der Waals surface area contributed by atoms with E-state index < -0.39 is 0 Å². The summed E-state index contributed by atoms with van der Waals surface area (Å²) in [5, 5.41) is 4.16. The number of aromatic nitrogens is 3. The number of aryl methyl sites for hydroxylation is 2. The van der Waals surface area contributed by atoms with Crippen LogP contribution in [0, 0.1) is 13.8 Å². The summed E-state index contributed by atoms with van der Waals surface area (Å²) in [5.74, 6) is 1.01. The van der Waals surface area contributed by atoms with Crippen LogP contribution in [0.5, 0.6) is 0 Å². The molecular weight excluding hydrogens is 324 g/mol. The van der Waals surface area contributed by atoms with Crippen molar-refractivity contribution in [2.24, 2.45) is 0 Å². The van der Waals surface area contributed by atoms with Crippen LogP contribution in [0.15, 0.2) is 48.5 Å². The Bertz CT molecular complexity index is 1090. The minimum Gasteiger partial charge on any atom is -0.358 e. The highest BCUT2D eigenvalue weighted by atomic mass is 16.1. The molecule has 0 spiro atoms. The minimum atomic E-state index is 0.0416. The molecule has 5 nitrogen and oxygen atoms in total. The van der Waals surface area contributed by atoms with Gasteiger partial charge in [-0.1, -0.05) is 30.3 Å². The van der Waals surface area contributed by atoms with Gasteiger partial charge in [0, 0.05) is 29.7 Å². The van der Waals surface area contributed by atoms with Crippen LogP contribution >= 0.6 is 0 Å². The fraction of sp³-hybridized carbons (Fsp3) is 0.238. The Morgan fingerprint density at radius 2 is 1.88 bits per heavy atom. The second-order valence-electron chi connectivity index (χ2n) is 6.60. The van der Waals surface area contributed by atoms with Crippen molar-refractivity contribution in [2.45, 2.75) is 26.8 Å². The molecule has 0 fully saturated rings. The second-order valence-corrected chi connectivity index (χ2v) is 6.60. The number of imidazole rings is 1. The zero-order valence-corrected chi connectivity index (χ0v) is 15.0. The molecule has 2 aromatic heterocycles. The number of H-pyrrole nitrogens is 1. The lowest BCUT2D eigenvalue weighted by Crippen LogP contribution is -2.29. The van der Waals surface area contributed by atoms with Gasteiger partial charge in [-0.2, -0.15) is 0 Å². The molecule has 2 heterocycles. The standard InChI is InChI=1S/C21H22N4O/c1-14-17(16-7-3-4-8-18(16)23-14)13-21(26)22-11-12-25-15(2)24-19-9-5-6-10-20(19)25/h3-10,23H,11-13H2,1-2H3,(H,22,26). The Morgan fingerprint density at radius 1 is 1.12 bits per heavy atom. The van der Waals surface area contributed by atoms with Crippen LogP contribution in [0.25, 0.3) is 21.9 Å². The quantitative estimate of drug-likeness (QED) is 0.581. The Hall–Kier alpha value is -3.08. The Labute approximate surface area is 152 Å². The number of nitrogens with zero attached hydrogens (tertiary/aromatic N) is 2. The van der Waals surface area contributed by atoms with Crippen molar-refractivity contribution in [3.63, 3.8) is 0 Å². The van der Waals surface area contributed by atoms with E-state index in [0.717, 1.165) is 39.0 Å². The Morgan fingerprint density at radius 3 is 2.77 bits per heavy atom. The zero-order valence-electron chi connectivity index (χ0n) is 15.0. The van der Waals surface area contributed by atoms with Gasteiger partial charge in [-0.05, 0) is 37.6 Å². The van der Waals surface area contributed by atoms with Gasteiger partial charge in [-0.15, -0.1) is 0 Å². The first-order chi connectivity index (χ1) is 12.6. The van der Waals surface area contributed by atoms with E-state index in [1.165, 1.54) is 0 Å². The maximum Gasteiger partial charge on any atom is 0.224 e. The van der Waals surface area contributed by atoms with Crippen molar-refractivity contribution in [1.29, 1.82) is 0 Å². The Balaban J connectivity index is 1.42. The van der Waals surface area contributed by atoms with Gasteiger partial charge in [0.1, 0.15) is 5.82 Å². The zero-order chi connectivity index (χ0) is 18.1. The van der Waals surface area contributed by atoms with Gasteiger partial charge in [0.05, 0.1) is 17.5 Å². The predicted octanol–water partition coefficient (Wildman–Crippen LogP) is 3.49. The molecule has 0 saturated heterocycles. The van der Waals surface area contributed by atoms with E-state index in [1.807, 2.05) is 50.2 Å². The monoisotopic (exact) mass is 346 g/mol. The highest BCUT2D eigenvalue weighted by Gasteiger charge is 2.12. The lowest BCUT2D eigenvalue weighted by molar-refractivity contribution is -0.120. The highest BCUT2D eigenvalue weighted by molar-refractivity contribution is 5.90. The molecule has 0 saturated carbocycles. The van der Waals surface area contributed by atoms with Gasteiger partial charge in [-0.3, -0.25) is 4.79 Å². The normalized spacial score (nSPS) is 11.3. The first kappa shape index (κ1) is 16.4. The third-order valence-electron chi connectivity index (χ3n) is 4.87. The smallest absolute Gasteiger partial charge is 0.224 e. The Kier molecular flexibility index (Phi) is 4.21. The van der Waals surface area contributed by atoms with Crippen LogP contribution in [0.3, 0.4) is 0 Å². The summed E-state index contributed by atoms with van der Waals surface area (Å²) < 4.78 is 2.15. The summed E-state index contributed by atoms with van der Waals surface area (Å²) in [6.07, 6.45) is 0.388. The van der Waals surface area contributed by atoms with E-state index in [9.17, 15) is 4.79 Å². The molecule has 0 atom stereocenters. The first-order valence-corrected chi connectivity index (χ1v) is 8.88. The lowest BCUT2D eigenvalue weighted by atomic mass is 10.1. The largest absolute Gasteiger partial charge is 0.358 e. The molecule has 5 heteroatoms. The number of carbonyl (C=O) groups excluding carboxylic acids is 1. The van der Waals surface area contributed by atoms with Gasteiger partial charge >= 0.3 is 0 Å². The van der Waals surface area contributed by atoms with Crippen molar-refractivity contribution in [3.8, 4) is 0 Å². The average molecular weight is 346 g/mol. The number of hydrogen-bond acceptors (Lipinski definition) is 2.